The third-order valence-electron chi connectivity index (χ3n) is 1.54. The highest BCUT2D eigenvalue weighted by molar-refractivity contribution is 5.72. The van der Waals surface area contributed by atoms with Crippen molar-refractivity contribution in [3.05, 3.63) is 18.4 Å². The fourth-order valence-corrected chi connectivity index (χ4v) is 0.731. The lowest BCUT2D eigenvalue weighted by Crippen LogP contribution is -2.30. The Morgan fingerprint density at radius 1 is 1.60 bits per heavy atom. The SMILES string of the molecule is NCCCC(N)C(=O)O.Oc1ccco1. The van der Waals surface area contributed by atoms with Crippen molar-refractivity contribution in [3.63, 3.8) is 0 Å². The lowest BCUT2D eigenvalue weighted by molar-refractivity contribution is -0.138. The van der Waals surface area contributed by atoms with Crippen LogP contribution in [0.25, 0.3) is 0 Å². The maximum Gasteiger partial charge on any atom is 0.320 e. The van der Waals surface area contributed by atoms with E-state index in [1.807, 2.05) is 0 Å². The third-order valence-corrected chi connectivity index (χ3v) is 1.54. The minimum absolute atomic E-state index is 0.0324. The van der Waals surface area contributed by atoms with Gasteiger partial charge in [-0.3, -0.25) is 4.79 Å². The Bertz CT molecular complexity index is 261. The van der Waals surface area contributed by atoms with Crippen molar-refractivity contribution < 1.29 is 19.4 Å². The van der Waals surface area contributed by atoms with Crippen LogP contribution >= 0.6 is 0 Å². The summed E-state index contributed by atoms with van der Waals surface area (Å²) in [5.41, 5.74) is 10.3. The van der Waals surface area contributed by atoms with E-state index in [9.17, 15) is 4.79 Å². The van der Waals surface area contributed by atoms with Gasteiger partial charge in [0.05, 0.1) is 6.26 Å². The first-order chi connectivity index (χ1) is 7.07. The molecule has 1 aromatic rings. The average Bonchev–Trinajstić information content (AvgIpc) is 2.66. The van der Waals surface area contributed by atoms with E-state index in [0.29, 0.717) is 19.4 Å². The molecule has 0 amide bonds. The van der Waals surface area contributed by atoms with Crippen molar-refractivity contribution in [2.75, 3.05) is 6.54 Å². The Morgan fingerprint density at radius 3 is 2.53 bits per heavy atom. The molecule has 0 radical (unpaired) electrons. The van der Waals surface area contributed by atoms with Gasteiger partial charge in [0.2, 0.25) is 0 Å². The van der Waals surface area contributed by atoms with Gasteiger partial charge in [0.1, 0.15) is 6.04 Å². The highest BCUT2D eigenvalue weighted by Gasteiger charge is 2.08. The Hall–Kier alpha value is -1.53. The molecule has 0 bridgehead atoms. The van der Waals surface area contributed by atoms with Gasteiger partial charge in [-0.1, -0.05) is 0 Å². The molecule has 0 saturated heterocycles. The molecule has 0 aliphatic carbocycles. The molecule has 0 saturated carbocycles. The van der Waals surface area contributed by atoms with Gasteiger partial charge in [0.15, 0.2) is 0 Å². The molecule has 1 rings (SSSR count). The fraction of sp³-hybridized carbons (Fsp3) is 0.444. The first-order valence-corrected chi connectivity index (χ1v) is 4.49. The molecule has 1 aromatic heterocycles. The van der Waals surface area contributed by atoms with Crippen LogP contribution in [0.4, 0.5) is 0 Å². The maximum absolute atomic E-state index is 10.0. The van der Waals surface area contributed by atoms with E-state index >= 15 is 0 Å². The van der Waals surface area contributed by atoms with E-state index in [4.69, 9.17) is 21.7 Å². The second-order valence-corrected chi connectivity index (χ2v) is 2.83. The molecule has 15 heavy (non-hydrogen) atoms. The summed E-state index contributed by atoms with van der Waals surface area (Å²) in [6.45, 7) is 0.501. The summed E-state index contributed by atoms with van der Waals surface area (Å²) in [4.78, 5) is 10.0. The Kier molecular flexibility index (Phi) is 7.04. The van der Waals surface area contributed by atoms with Crippen LogP contribution in [0.2, 0.25) is 0 Å². The summed E-state index contributed by atoms with van der Waals surface area (Å²) >= 11 is 0. The van der Waals surface area contributed by atoms with E-state index in [1.54, 1.807) is 6.07 Å². The van der Waals surface area contributed by atoms with Gasteiger partial charge in [-0.25, -0.2) is 0 Å². The van der Waals surface area contributed by atoms with Crippen LogP contribution in [0.15, 0.2) is 22.8 Å². The molecule has 1 atom stereocenters. The first kappa shape index (κ1) is 13.5. The van der Waals surface area contributed by atoms with Crippen LogP contribution in [-0.2, 0) is 4.79 Å². The smallest absolute Gasteiger partial charge is 0.320 e. The Labute approximate surface area is 87.5 Å². The van der Waals surface area contributed by atoms with E-state index < -0.39 is 12.0 Å². The summed E-state index contributed by atoms with van der Waals surface area (Å²) in [6, 6.07) is 2.35. The first-order valence-electron chi connectivity index (χ1n) is 4.49. The number of carbonyl (C=O) groups is 1. The standard InChI is InChI=1S/C5H12N2O2.C4H4O2/c6-3-1-2-4(7)5(8)9;5-4-2-1-3-6-4/h4H,1-3,6-7H2,(H,8,9);1-3,5H. The second-order valence-electron chi connectivity index (χ2n) is 2.83. The molecule has 0 fully saturated rings. The van der Waals surface area contributed by atoms with Gasteiger partial charge in [0, 0.05) is 6.07 Å². The maximum atomic E-state index is 10.0. The number of rotatable bonds is 4. The van der Waals surface area contributed by atoms with E-state index in [2.05, 4.69) is 4.42 Å². The largest absolute Gasteiger partial charge is 0.481 e. The van der Waals surface area contributed by atoms with Crippen LogP contribution in [0.1, 0.15) is 12.8 Å². The molecule has 6 N–H and O–H groups in total. The summed E-state index contributed by atoms with van der Waals surface area (Å²) < 4.78 is 4.39. The monoisotopic (exact) mass is 216 g/mol. The van der Waals surface area contributed by atoms with Gasteiger partial charge >= 0.3 is 5.97 Å². The molecular formula is C9H16N2O4. The molecule has 0 aromatic carbocycles. The average molecular weight is 216 g/mol. The molecule has 1 unspecified atom stereocenters. The number of carboxylic acids is 1. The van der Waals surface area contributed by atoms with Crippen LogP contribution < -0.4 is 11.5 Å². The number of hydrogen-bond acceptors (Lipinski definition) is 5. The minimum atomic E-state index is -0.955. The molecule has 0 aliphatic heterocycles. The van der Waals surface area contributed by atoms with Crippen molar-refractivity contribution in [1.82, 2.24) is 0 Å². The predicted octanol–water partition coefficient (Wildman–Crippen LogP) is 0.122. The lowest BCUT2D eigenvalue weighted by Gasteiger charge is -2.02. The van der Waals surface area contributed by atoms with Crippen LogP contribution in [0.5, 0.6) is 5.95 Å². The zero-order valence-corrected chi connectivity index (χ0v) is 8.30. The summed E-state index contributed by atoms with van der Waals surface area (Å²) in [5, 5.41) is 16.5. The zero-order chi connectivity index (χ0) is 11.7. The minimum Gasteiger partial charge on any atom is -0.481 e. The van der Waals surface area contributed by atoms with Crippen molar-refractivity contribution >= 4 is 5.97 Å². The number of aliphatic carboxylic acids is 1. The van der Waals surface area contributed by atoms with Crippen LogP contribution in [0.3, 0.4) is 0 Å². The number of aromatic hydroxyl groups is 1. The summed E-state index contributed by atoms with van der Waals surface area (Å²) in [6.07, 6.45) is 2.55. The Balaban J connectivity index is 0.000000280. The van der Waals surface area contributed by atoms with Crippen molar-refractivity contribution in [2.45, 2.75) is 18.9 Å². The third kappa shape index (κ3) is 7.53. The quantitative estimate of drug-likeness (QED) is 0.567. The highest BCUT2D eigenvalue weighted by Crippen LogP contribution is 2.04. The van der Waals surface area contributed by atoms with E-state index in [-0.39, 0.29) is 5.95 Å². The fourth-order valence-electron chi connectivity index (χ4n) is 0.731. The van der Waals surface area contributed by atoms with Crippen molar-refractivity contribution in [2.24, 2.45) is 11.5 Å². The van der Waals surface area contributed by atoms with Gasteiger partial charge in [-0.15, -0.1) is 0 Å². The molecular weight excluding hydrogens is 200 g/mol. The Morgan fingerprint density at radius 2 is 2.27 bits per heavy atom. The van der Waals surface area contributed by atoms with E-state index in [0.717, 1.165) is 0 Å². The van der Waals surface area contributed by atoms with Crippen molar-refractivity contribution in [1.29, 1.82) is 0 Å². The lowest BCUT2D eigenvalue weighted by atomic mass is 10.2. The highest BCUT2D eigenvalue weighted by atomic mass is 16.5. The topological polar surface area (TPSA) is 123 Å². The van der Waals surface area contributed by atoms with Crippen LogP contribution in [0, 0.1) is 0 Å². The number of furan rings is 1. The van der Waals surface area contributed by atoms with Gasteiger partial charge in [-0.05, 0) is 25.5 Å². The normalized spacial score (nSPS) is 11.3. The molecule has 6 heteroatoms. The molecule has 0 aliphatic rings. The summed E-state index contributed by atoms with van der Waals surface area (Å²) in [5.74, 6) is -0.988. The zero-order valence-electron chi connectivity index (χ0n) is 8.30. The van der Waals surface area contributed by atoms with Gasteiger partial charge in [-0.2, -0.15) is 0 Å². The number of nitrogens with two attached hydrogens (primary N) is 2. The van der Waals surface area contributed by atoms with Crippen LogP contribution in [-0.4, -0.2) is 28.8 Å². The molecule has 1 heterocycles. The number of carboxylic acid groups (broad SMARTS) is 1. The van der Waals surface area contributed by atoms with Gasteiger partial charge < -0.3 is 26.1 Å². The second kappa shape index (κ2) is 7.84. The number of hydrogen-bond donors (Lipinski definition) is 4. The van der Waals surface area contributed by atoms with E-state index in [1.165, 1.54) is 12.3 Å². The predicted molar refractivity (Wildman–Crippen MR) is 54.3 cm³/mol. The molecule has 6 nitrogen and oxygen atoms in total. The van der Waals surface area contributed by atoms with Crippen molar-refractivity contribution in [3.8, 4) is 5.95 Å². The molecule has 0 spiro atoms. The van der Waals surface area contributed by atoms with Gasteiger partial charge in [0.25, 0.3) is 5.95 Å². The molecule has 86 valence electrons. The summed E-state index contributed by atoms with van der Waals surface area (Å²) in [7, 11) is 0.